The molecule has 0 bridgehead atoms. The van der Waals surface area contributed by atoms with Crippen LogP contribution in [0.5, 0.6) is 5.75 Å². The fourth-order valence-corrected chi connectivity index (χ4v) is 4.81. The number of nitrogens with zero attached hydrogens (tertiary/aromatic N) is 3. The van der Waals surface area contributed by atoms with Gasteiger partial charge in [-0.1, -0.05) is 24.3 Å². The molecule has 7 heteroatoms. The number of rotatable bonds is 3. The lowest BCUT2D eigenvalue weighted by Gasteiger charge is -2.33. The van der Waals surface area contributed by atoms with Crippen molar-refractivity contribution in [2.45, 2.75) is 19.0 Å². The van der Waals surface area contributed by atoms with Crippen molar-refractivity contribution in [2.24, 2.45) is 16.9 Å². The molecular formula is C22H19N3O4. The summed E-state index contributed by atoms with van der Waals surface area (Å²) in [7, 11) is 1.55. The third-order valence-electron chi connectivity index (χ3n) is 6.04. The van der Waals surface area contributed by atoms with Gasteiger partial charge in [0.25, 0.3) is 0 Å². The summed E-state index contributed by atoms with van der Waals surface area (Å²) >= 11 is 0. The fraction of sp³-hybridized carbons (Fsp3) is 0.273. The predicted octanol–water partition coefficient (Wildman–Crippen LogP) is 2.16. The number of methoxy groups -OCH3 is 1. The SMILES string of the molecule is COc1ccc(N2C(=O)C3C(C2=O)C2c4ccccc4C=NN2C3C(C)=O)cc1. The van der Waals surface area contributed by atoms with E-state index < -0.39 is 23.9 Å². The molecule has 5 rings (SSSR count). The summed E-state index contributed by atoms with van der Waals surface area (Å²) in [5.41, 5.74) is 2.30. The van der Waals surface area contributed by atoms with Gasteiger partial charge in [0.15, 0.2) is 5.78 Å². The molecule has 0 aliphatic carbocycles. The van der Waals surface area contributed by atoms with Crippen molar-refractivity contribution in [3.63, 3.8) is 0 Å². The first-order valence-electron chi connectivity index (χ1n) is 9.46. The molecule has 0 saturated carbocycles. The van der Waals surface area contributed by atoms with Gasteiger partial charge in [0.2, 0.25) is 11.8 Å². The quantitative estimate of drug-likeness (QED) is 0.752. The van der Waals surface area contributed by atoms with Gasteiger partial charge in [0, 0.05) is 0 Å². The Morgan fingerprint density at radius 2 is 1.69 bits per heavy atom. The molecule has 3 aliphatic rings. The van der Waals surface area contributed by atoms with Crippen LogP contribution >= 0.6 is 0 Å². The minimum absolute atomic E-state index is 0.170. The second-order valence-corrected chi connectivity index (χ2v) is 7.52. The number of hydrogen-bond acceptors (Lipinski definition) is 6. The maximum absolute atomic E-state index is 13.5. The maximum Gasteiger partial charge on any atom is 0.240 e. The highest BCUT2D eigenvalue weighted by molar-refractivity contribution is 6.24. The van der Waals surface area contributed by atoms with E-state index in [1.165, 1.54) is 11.8 Å². The lowest BCUT2D eigenvalue weighted by molar-refractivity contribution is -0.129. The van der Waals surface area contributed by atoms with E-state index in [0.717, 1.165) is 11.1 Å². The van der Waals surface area contributed by atoms with Gasteiger partial charge in [-0.3, -0.25) is 19.4 Å². The molecule has 0 N–H and O–H groups in total. The number of imide groups is 1. The van der Waals surface area contributed by atoms with E-state index in [0.29, 0.717) is 11.4 Å². The first-order chi connectivity index (χ1) is 14.0. The van der Waals surface area contributed by atoms with E-state index in [4.69, 9.17) is 4.74 Å². The third-order valence-corrected chi connectivity index (χ3v) is 6.04. The van der Waals surface area contributed by atoms with Gasteiger partial charge in [-0.2, -0.15) is 5.10 Å². The van der Waals surface area contributed by atoms with Crippen LogP contribution in [0.1, 0.15) is 24.1 Å². The highest BCUT2D eigenvalue weighted by Gasteiger charge is 2.64. The normalized spacial score (nSPS) is 27.0. The van der Waals surface area contributed by atoms with Crippen LogP contribution in [0, 0.1) is 11.8 Å². The minimum Gasteiger partial charge on any atom is -0.497 e. The van der Waals surface area contributed by atoms with Crippen LogP contribution in [0.15, 0.2) is 53.6 Å². The zero-order chi connectivity index (χ0) is 20.3. The van der Waals surface area contributed by atoms with Crippen molar-refractivity contribution < 1.29 is 19.1 Å². The summed E-state index contributed by atoms with van der Waals surface area (Å²) in [6.07, 6.45) is 1.69. The largest absolute Gasteiger partial charge is 0.497 e. The zero-order valence-corrected chi connectivity index (χ0v) is 16.0. The number of ether oxygens (including phenoxy) is 1. The van der Waals surface area contributed by atoms with Crippen LogP contribution in [0.25, 0.3) is 0 Å². The number of Topliss-reactive ketones (excluding diaryl/α,β-unsaturated/α-hetero) is 1. The third kappa shape index (κ3) is 2.36. The molecular weight excluding hydrogens is 370 g/mol. The predicted molar refractivity (Wildman–Crippen MR) is 106 cm³/mol. The van der Waals surface area contributed by atoms with Gasteiger partial charge < -0.3 is 4.74 Å². The molecule has 7 nitrogen and oxygen atoms in total. The van der Waals surface area contributed by atoms with Gasteiger partial charge in [0.05, 0.1) is 36.9 Å². The Balaban J connectivity index is 1.62. The average molecular weight is 389 g/mol. The maximum atomic E-state index is 13.5. The molecule has 3 aliphatic heterocycles. The van der Waals surface area contributed by atoms with E-state index in [1.807, 2.05) is 24.3 Å². The molecule has 2 saturated heterocycles. The number of amides is 2. The monoisotopic (exact) mass is 389 g/mol. The first kappa shape index (κ1) is 17.6. The molecule has 0 spiro atoms. The van der Waals surface area contributed by atoms with Crippen molar-refractivity contribution in [2.75, 3.05) is 12.0 Å². The minimum atomic E-state index is -0.755. The Morgan fingerprint density at radius 3 is 2.38 bits per heavy atom. The number of fused-ring (bicyclic) bond motifs is 5. The fourth-order valence-electron chi connectivity index (χ4n) is 4.81. The van der Waals surface area contributed by atoms with Crippen LogP contribution in [-0.4, -0.2) is 42.0 Å². The molecule has 3 heterocycles. The number of carbonyl (C=O) groups is 3. The van der Waals surface area contributed by atoms with Crippen LogP contribution < -0.4 is 9.64 Å². The van der Waals surface area contributed by atoms with Gasteiger partial charge in [-0.05, 0) is 42.3 Å². The number of benzene rings is 2. The van der Waals surface area contributed by atoms with E-state index in [1.54, 1.807) is 42.6 Å². The topological polar surface area (TPSA) is 79.3 Å². The van der Waals surface area contributed by atoms with Crippen LogP contribution in [-0.2, 0) is 14.4 Å². The van der Waals surface area contributed by atoms with Gasteiger partial charge >= 0.3 is 0 Å². The molecule has 2 aromatic carbocycles. The molecule has 2 amide bonds. The first-order valence-corrected chi connectivity index (χ1v) is 9.46. The van der Waals surface area contributed by atoms with Gasteiger partial charge in [-0.15, -0.1) is 0 Å². The lowest BCUT2D eigenvalue weighted by atomic mass is 9.84. The van der Waals surface area contributed by atoms with E-state index in [9.17, 15) is 14.4 Å². The number of carbonyl (C=O) groups excluding carboxylic acids is 3. The average Bonchev–Trinajstić information content (AvgIpc) is 3.21. The number of ketones is 1. The Morgan fingerprint density at radius 1 is 1.00 bits per heavy atom. The second-order valence-electron chi connectivity index (χ2n) is 7.52. The lowest BCUT2D eigenvalue weighted by Crippen LogP contribution is -2.43. The molecule has 146 valence electrons. The van der Waals surface area contributed by atoms with Crippen molar-refractivity contribution in [3.8, 4) is 5.75 Å². The summed E-state index contributed by atoms with van der Waals surface area (Å²) < 4.78 is 5.16. The Hall–Kier alpha value is -3.48. The van der Waals surface area contributed by atoms with Crippen molar-refractivity contribution in [1.82, 2.24) is 5.01 Å². The Labute approximate surface area is 167 Å². The molecule has 4 unspecified atom stereocenters. The number of hydrogen-bond donors (Lipinski definition) is 0. The zero-order valence-electron chi connectivity index (χ0n) is 16.0. The Bertz CT molecular complexity index is 1060. The van der Waals surface area contributed by atoms with Crippen LogP contribution in [0.4, 0.5) is 5.69 Å². The summed E-state index contributed by atoms with van der Waals surface area (Å²) in [4.78, 5) is 40.6. The van der Waals surface area contributed by atoms with Crippen molar-refractivity contribution in [3.05, 3.63) is 59.7 Å². The van der Waals surface area contributed by atoms with Crippen molar-refractivity contribution >= 4 is 29.5 Å². The number of anilines is 1. The summed E-state index contributed by atoms with van der Waals surface area (Å²) in [6, 6.07) is 13.3. The molecule has 0 aromatic heterocycles. The molecule has 4 atom stereocenters. The molecule has 29 heavy (non-hydrogen) atoms. The summed E-state index contributed by atoms with van der Waals surface area (Å²) in [6.45, 7) is 1.45. The van der Waals surface area contributed by atoms with Crippen molar-refractivity contribution in [1.29, 1.82) is 0 Å². The number of hydrazone groups is 1. The standard InChI is InChI=1S/C22H19N3O4/c1-12(26)19-17-18(20-16-6-4-3-5-13(16)11-23-25(19)20)22(28)24(21(17)27)14-7-9-15(29-2)10-8-14/h3-11,17-20H,1-2H3. The highest BCUT2D eigenvalue weighted by Crippen LogP contribution is 2.52. The smallest absolute Gasteiger partial charge is 0.240 e. The molecule has 2 fully saturated rings. The van der Waals surface area contributed by atoms with E-state index in [-0.39, 0.29) is 17.6 Å². The van der Waals surface area contributed by atoms with Crippen LogP contribution in [0.2, 0.25) is 0 Å². The second kappa shape index (κ2) is 6.27. The van der Waals surface area contributed by atoms with E-state index >= 15 is 0 Å². The van der Waals surface area contributed by atoms with E-state index in [2.05, 4.69) is 5.10 Å². The van der Waals surface area contributed by atoms with Gasteiger partial charge in [0.1, 0.15) is 11.8 Å². The summed E-state index contributed by atoms with van der Waals surface area (Å²) in [5, 5.41) is 6.11. The van der Waals surface area contributed by atoms with Gasteiger partial charge in [-0.25, -0.2) is 4.90 Å². The highest BCUT2D eigenvalue weighted by atomic mass is 16.5. The van der Waals surface area contributed by atoms with Crippen LogP contribution in [0.3, 0.4) is 0 Å². The molecule has 0 radical (unpaired) electrons. The summed E-state index contributed by atoms with van der Waals surface area (Å²) in [5.74, 6) is -1.59. The Kier molecular flexibility index (Phi) is 3.81. The molecule has 2 aromatic rings.